The molecule has 2 heterocycles. The maximum absolute atomic E-state index is 4.23. The molecule has 1 aliphatic heterocycles. The van der Waals surface area contributed by atoms with Crippen molar-refractivity contribution >= 4 is 17.4 Å². The molecule has 0 aromatic carbocycles. The third-order valence-corrected chi connectivity index (χ3v) is 3.26. The fraction of sp³-hybridized carbons (Fsp3) is 0.545. The van der Waals surface area contributed by atoms with Crippen LogP contribution in [0.25, 0.3) is 6.08 Å². The van der Waals surface area contributed by atoms with Crippen molar-refractivity contribution in [3.05, 3.63) is 22.7 Å². The zero-order chi connectivity index (χ0) is 9.64. The lowest BCUT2D eigenvalue weighted by Gasteiger charge is -2.09. The van der Waals surface area contributed by atoms with Crippen molar-refractivity contribution in [1.29, 1.82) is 0 Å². The monoisotopic (exact) mass is 208 g/mol. The predicted molar refractivity (Wildman–Crippen MR) is 61.4 cm³/mol. The quantitative estimate of drug-likeness (QED) is 0.808. The molecule has 3 heteroatoms. The predicted octanol–water partition coefficient (Wildman–Crippen LogP) is 2.69. The SMILES string of the molecule is C(=C\C1CCCCCN1)/c1nccs1. The van der Waals surface area contributed by atoms with E-state index in [4.69, 9.17) is 0 Å². The van der Waals surface area contributed by atoms with Gasteiger partial charge in [-0.2, -0.15) is 0 Å². The number of hydrogen-bond donors (Lipinski definition) is 1. The molecule has 0 bridgehead atoms. The van der Waals surface area contributed by atoms with Gasteiger partial charge in [0.05, 0.1) is 0 Å². The molecule has 0 aliphatic carbocycles. The third-order valence-electron chi connectivity index (χ3n) is 2.52. The van der Waals surface area contributed by atoms with Crippen LogP contribution in [0.4, 0.5) is 0 Å². The van der Waals surface area contributed by atoms with Gasteiger partial charge < -0.3 is 5.32 Å². The van der Waals surface area contributed by atoms with Crippen molar-refractivity contribution < 1.29 is 0 Å². The van der Waals surface area contributed by atoms with Gasteiger partial charge in [0.2, 0.25) is 0 Å². The Morgan fingerprint density at radius 1 is 1.43 bits per heavy atom. The molecule has 76 valence electrons. The zero-order valence-corrected chi connectivity index (χ0v) is 9.09. The smallest absolute Gasteiger partial charge is 0.115 e. The van der Waals surface area contributed by atoms with E-state index in [9.17, 15) is 0 Å². The first kappa shape index (κ1) is 9.87. The first-order valence-corrected chi connectivity index (χ1v) is 6.14. The van der Waals surface area contributed by atoms with Gasteiger partial charge in [0, 0.05) is 17.6 Å². The van der Waals surface area contributed by atoms with E-state index < -0.39 is 0 Å². The van der Waals surface area contributed by atoms with Crippen molar-refractivity contribution in [3.8, 4) is 0 Å². The molecule has 1 aliphatic rings. The summed E-state index contributed by atoms with van der Waals surface area (Å²) in [5, 5.41) is 6.66. The number of rotatable bonds is 2. The number of aromatic nitrogens is 1. The van der Waals surface area contributed by atoms with E-state index in [-0.39, 0.29) is 0 Å². The molecule has 0 amide bonds. The molecule has 0 radical (unpaired) electrons. The van der Waals surface area contributed by atoms with E-state index in [1.807, 2.05) is 11.6 Å². The summed E-state index contributed by atoms with van der Waals surface area (Å²) < 4.78 is 0. The van der Waals surface area contributed by atoms with E-state index in [2.05, 4.69) is 22.5 Å². The maximum atomic E-state index is 4.23. The van der Waals surface area contributed by atoms with Gasteiger partial charge in [-0.25, -0.2) is 4.98 Å². The molecular weight excluding hydrogens is 192 g/mol. The van der Waals surface area contributed by atoms with Gasteiger partial charge in [0.15, 0.2) is 0 Å². The molecule has 1 aromatic heterocycles. The highest BCUT2D eigenvalue weighted by atomic mass is 32.1. The highest BCUT2D eigenvalue weighted by molar-refractivity contribution is 7.10. The van der Waals surface area contributed by atoms with Crippen LogP contribution in [-0.2, 0) is 0 Å². The number of thiazole rings is 1. The van der Waals surface area contributed by atoms with Gasteiger partial charge in [-0.1, -0.05) is 18.9 Å². The van der Waals surface area contributed by atoms with Crippen molar-refractivity contribution in [1.82, 2.24) is 10.3 Å². The molecule has 2 nitrogen and oxygen atoms in total. The molecule has 2 rings (SSSR count). The van der Waals surface area contributed by atoms with Crippen molar-refractivity contribution in [2.45, 2.75) is 31.7 Å². The van der Waals surface area contributed by atoms with Gasteiger partial charge in [-0.05, 0) is 25.5 Å². The minimum atomic E-state index is 0.557. The molecule has 1 atom stereocenters. The molecule has 0 spiro atoms. The van der Waals surface area contributed by atoms with Gasteiger partial charge in [0.1, 0.15) is 5.01 Å². The fourth-order valence-corrected chi connectivity index (χ4v) is 2.28. The third kappa shape index (κ3) is 2.93. The summed E-state index contributed by atoms with van der Waals surface area (Å²) in [6.45, 7) is 1.16. The van der Waals surface area contributed by atoms with E-state index in [1.165, 1.54) is 25.7 Å². The zero-order valence-electron chi connectivity index (χ0n) is 8.28. The maximum Gasteiger partial charge on any atom is 0.115 e. The van der Waals surface area contributed by atoms with Crippen LogP contribution < -0.4 is 5.32 Å². The molecule has 14 heavy (non-hydrogen) atoms. The second-order valence-corrected chi connectivity index (χ2v) is 4.57. The van der Waals surface area contributed by atoms with Crippen molar-refractivity contribution in [2.75, 3.05) is 6.54 Å². The van der Waals surface area contributed by atoms with Crippen molar-refractivity contribution in [2.24, 2.45) is 0 Å². The normalized spacial score (nSPS) is 23.9. The highest BCUT2D eigenvalue weighted by Gasteiger charge is 2.07. The molecule has 1 saturated heterocycles. The summed E-state index contributed by atoms with van der Waals surface area (Å²) >= 11 is 1.69. The molecule has 1 aromatic rings. The van der Waals surface area contributed by atoms with Gasteiger partial charge in [-0.3, -0.25) is 0 Å². The summed E-state index contributed by atoms with van der Waals surface area (Å²) in [4.78, 5) is 4.23. The Balaban J connectivity index is 1.89. The van der Waals surface area contributed by atoms with Gasteiger partial charge in [-0.15, -0.1) is 11.3 Å². The van der Waals surface area contributed by atoms with Gasteiger partial charge in [0.25, 0.3) is 0 Å². The standard InChI is InChI=1S/C11H16N2S/c1-2-4-10(12-7-3-1)5-6-11-13-8-9-14-11/h5-6,8-10,12H,1-4,7H2/b6-5+. The Hall–Kier alpha value is -0.670. The highest BCUT2D eigenvalue weighted by Crippen LogP contribution is 2.12. The minimum absolute atomic E-state index is 0.557. The lowest BCUT2D eigenvalue weighted by molar-refractivity contribution is 0.599. The molecule has 1 fully saturated rings. The number of nitrogens with one attached hydrogen (secondary N) is 1. The summed E-state index contributed by atoms with van der Waals surface area (Å²) in [7, 11) is 0. The van der Waals surface area contributed by atoms with Crippen LogP contribution in [-0.4, -0.2) is 17.6 Å². The van der Waals surface area contributed by atoms with Crippen LogP contribution >= 0.6 is 11.3 Å². The first-order valence-electron chi connectivity index (χ1n) is 5.26. The molecule has 1 N–H and O–H groups in total. The second-order valence-electron chi connectivity index (χ2n) is 3.64. The summed E-state index contributed by atoms with van der Waals surface area (Å²) in [6, 6.07) is 0.557. The van der Waals surface area contributed by atoms with Crippen molar-refractivity contribution in [3.63, 3.8) is 0 Å². The minimum Gasteiger partial charge on any atom is -0.311 e. The Labute approximate surface area is 89.1 Å². The first-order chi connectivity index (χ1) is 6.95. The number of nitrogens with zero attached hydrogens (tertiary/aromatic N) is 1. The lowest BCUT2D eigenvalue weighted by atomic mass is 10.1. The van der Waals surface area contributed by atoms with Crippen LogP contribution in [0.15, 0.2) is 17.7 Å². The largest absolute Gasteiger partial charge is 0.311 e. The molecule has 1 unspecified atom stereocenters. The van der Waals surface area contributed by atoms with E-state index in [1.54, 1.807) is 11.3 Å². The molecular formula is C11H16N2S. The fourth-order valence-electron chi connectivity index (χ4n) is 1.74. The Bertz CT molecular complexity index is 271. The van der Waals surface area contributed by atoms with E-state index in [0.717, 1.165) is 11.6 Å². The average Bonchev–Trinajstić information content (AvgIpc) is 2.58. The Morgan fingerprint density at radius 2 is 2.43 bits per heavy atom. The van der Waals surface area contributed by atoms with E-state index in [0.29, 0.717) is 6.04 Å². The topological polar surface area (TPSA) is 24.9 Å². The summed E-state index contributed by atoms with van der Waals surface area (Å²) in [5.74, 6) is 0. The number of hydrogen-bond acceptors (Lipinski definition) is 3. The van der Waals surface area contributed by atoms with Crippen LogP contribution in [0.2, 0.25) is 0 Å². The second kappa shape index (κ2) is 5.27. The summed E-state index contributed by atoms with van der Waals surface area (Å²) in [6.07, 6.45) is 11.5. The Kier molecular flexibility index (Phi) is 3.72. The summed E-state index contributed by atoms with van der Waals surface area (Å²) in [5.41, 5.74) is 0. The lowest BCUT2D eigenvalue weighted by Crippen LogP contribution is -2.25. The van der Waals surface area contributed by atoms with Crippen LogP contribution in [0.1, 0.15) is 30.7 Å². The molecule has 0 saturated carbocycles. The van der Waals surface area contributed by atoms with Crippen LogP contribution in [0.3, 0.4) is 0 Å². The van der Waals surface area contributed by atoms with Crippen LogP contribution in [0.5, 0.6) is 0 Å². The van der Waals surface area contributed by atoms with Gasteiger partial charge >= 0.3 is 0 Å². The van der Waals surface area contributed by atoms with Crippen LogP contribution in [0, 0.1) is 0 Å². The van der Waals surface area contributed by atoms with E-state index >= 15 is 0 Å². The average molecular weight is 208 g/mol. The Morgan fingerprint density at radius 3 is 3.29 bits per heavy atom.